The summed E-state index contributed by atoms with van der Waals surface area (Å²) in [6.07, 6.45) is 4.75. The number of hydrogen-bond donors (Lipinski definition) is 2. The van der Waals surface area contributed by atoms with Crippen molar-refractivity contribution in [2.24, 2.45) is 0 Å². The Labute approximate surface area is 151 Å². The molecule has 6 heteroatoms. The lowest BCUT2D eigenvalue weighted by Gasteiger charge is -2.11. The lowest BCUT2D eigenvalue weighted by molar-refractivity contribution is -0.120. The van der Waals surface area contributed by atoms with E-state index in [0.29, 0.717) is 11.6 Å². The molecule has 0 saturated heterocycles. The van der Waals surface area contributed by atoms with Crippen molar-refractivity contribution >= 4 is 28.8 Å². The number of nitrogens with zero attached hydrogens (tertiary/aromatic N) is 1. The molecule has 4 nitrogen and oxygen atoms in total. The molecule has 2 aromatic rings. The number of rotatable bonds is 6. The van der Waals surface area contributed by atoms with Gasteiger partial charge in [0, 0.05) is 16.4 Å². The van der Waals surface area contributed by atoms with E-state index in [1.807, 2.05) is 24.3 Å². The number of aryl methyl sites for hydroxylation is 2. The number of thiazole rings is 1. The number of carbonyl (C=O) groups excluding carboxylic acids is 1. The molecule has 0 aliphatic heterocycles. The summed E-state index contributed by atoms with van der Waals surface area (Å²) in [7, 11) is 0. The molecular weight excluding hydrogens is 342 g/mol. The molecule has 1 heterocycles. The van der Waals surface area contributed by atoms with Gasteiger partial charge in [-0.15, -0.1) is 11.3 Å². The highest BCUT2D eigenvalue weighted by molar-refractivity contribution is 7.11. The number of aromatic nitrogens is 1. The van der Waals surface area contributed by atoms with Gasteiger partial charge in [0.25, 0.3) is 0 Å². The van der Waals surface area contributed by atoms with E-state index < -0.39 is 0 Å². The maximum atomic E-state index is 12.0. The van der Waals surface area contributed by atoms with E-state index in [4.69, 9.17) is 16.6 Å². The van der Waals surface area contributed by atoms with Gasteiger partial charge in [-0.2, -0.15) is 0 Å². The monoisotopic (exact) mass is 363 g/mol. The predicted octanol–water partition coefficient (Wildman–Crippen LogP) is 3.64. The fourth-order valence-electron chi connectivity index (χ4n) is 2.80. The van der Waals surface area contributed by atoms with E-state index in [1.165, 1.54) is 23.4 Å². The van der Waals surface area contributed by atoms with Crippen molar-refractivity contribution in [3.05, 3.63) is 50.4 Å². The van der Waals surface area contributed by atoms with Crippen LogP contribution in [0.3, 0.4) is 0 Å². The number of carbonyl (C=O) groups is 1. The van der Waals surface area contributed by atoms with Gasteiger partial charge < -0.3 is 5.32 Å². The van der Waals surface area contributed by atoms with Gasteiger partial charge in [-0.05, 0) is 50.3 Å². The van der Waals surface area contributed by atoms with Crippen LogP contribution in [0.4, 0.5) is 0 Å². The van der Waals surface area contributed by atoms with Gasteiger partial charge in [0.2, 0.25) is 5.91 Å². The van der Waals surface area contributed by atoms with E-state index in [9.17, 15) is 4.79 Å². The molecule has 0 radical (unpaired) electrons. The molecule has 0 bridgehead atoms. The summed E-state index contributed by atoms with van der Waals surface area (Å²) in [5, 5.41) is 7.94. The Morgan fingerprint density at radius 2 is 2.21 bits per heavy atom. The Balaban J connectivity index is 1.46. The van der Waals surface area contributed by atoms with E-state index in [0.717, 1.165) is 23.4 Å². The van der Waals surface area contributed by atoms with E-state index >= 15 is 0 Å². The van der Waals surface area contributed by atoms with Gasteiger partial charge in [-0.3, -0.25) is 10.1 Å². The quantitative estimate of drug-likeness (QED) is 0.823. The molecule has 0 spiro atoms. The molecule has 1 aromatic heterocycles. The van der Waals surface area contributed by atoms with Gasteiger partial charge in [-0.25, -0.2) is 4.98 Å². The van der Waals surface area contributed by atoms with Gasteiger partial charge in [-0.1, -0.05) is 23.7 Å². The number of halogens is 1. The van der Waals surface area contributed by atoms with Crippen molar-refractivity contribution in [1.82, 2.24) is 15.6 Å². The average Bonchev–Trinajstić information content (AvgIpc) is 3.02. The SMILES string of the molecule is CC(NCC(=O)NCc1cccc(Cl)c1)c1nc2c(s1)CCCC2. The van der Waals surface area contributed by atoms with Crippen LogP contribution >= 0.6 is 22.9 Å². The first kappa shape index (κ1) is 17.4. The normalized spacial score (nSPS) is 14.9. The lowest BCUT2D eigenvalue weighted by Crippen LogP contribution is -2.34. The minimum atomic E-state index is -0.0249. The third-order valence-corrected chi connectivity index (χ3v) is 5.76. The summed E-state index contributed by atoms with van der Waals surface area (Å²) in [6, 6.07) is 7.61. The van der Waals surface area contributed by atoms with E-state index in [-0.39, 0.29) is 18.5 Å². The van der Waals surface area contributed by atoms with Gasteiger partial charge >= 0.3 is 0 Å². The third kappa shape index (κ3) is 4.56. The highest BCUT2D eigenvalue weighted by atomic mass is 35.5. The number of benzene rings is 1. The molecule has 1 aliphatic rings. The van der Waals surface area contributed by atoms with Crippen molar-refractivity contribution in [2.75, 3.05) is 6.54 Å². The largest absolute Gasteiger partial charge is 0.351 e. The molecule has 1 aliphatic carbocycles. The summed E-state index contributed by atoms with van der Waals surface area (Å²) in [6.45, 7) is 2.83. The second kappa shape index (κ2) is 8.10. The molecule has 1 unspecified atom stereocenters. The number of nitrogens with one attached hydrogen (secondary N) is 2. The van der Waals surface area contributed by atoms with Crippen molar-refractivity contribution in [3.63, 3.8) is 0 Å². The highest BCUT2D eigenvalue weighted by Crippen LogP contribution is 2.29. The van der Waals surface area contributed by atoms with Crippen LogP contribution in [0.2, 0.25) is 5.02 Å². The van der Waals surface area contributed by atoms with Crippen LogP contribution in [-0.4, -0.2) is 17.4 Å². The minimum absolute atomic E-state index is 0.0249. The smallest absolute Gasteiger partial charge is 0.234 e. The first-order chi connectivity index (χ1) is 11.6. The molecule has 24 heavy (non-hydrogen) atoms. The maximum absolute atomic E-state index is 12.0. The van der Waals surface area contributed by atoms with Crippen LogP contribution in [0.25, 0.3) is 0 Å². The molecule has 128 valence electrons. The predicted molar refractivity (Wildman–Crippen MR) is 98.5 cm³/mol. The van der Waals surface area contributed by atoms with Crippen molar-refractivity contribution in [3.8, 4) is 0 Å². The zero-order valence-corrected chi connectivity index (χ0v) is 15.3. The van der Waals surface area contributed by atoms with Gasteiger partial charge in [0.05, 0.1) is 18.3 Å². The maximum Gasteiger partial charge on any atom is 0.234 e. The molecule has 0 saturated carbocycles. The topological polar surface area (TPSA) is 54.0 Å². The second-order valence-electron chi connectivity index (χ2n) is 6.14. The molecule has 1 atom stereocenters. The zero-order valence-electron chi connectivity index (χ0n) is 13.8. The minimum Gasteiger partial charge on any atom is -0.351 e. The first-order valence-corrected chi connectivity index (χ1v) is 9.54. The number of amides is 1. The fraction of sp³-hybridized carbons (Fsp3) is 0.444. The first-order valence-electron chi connectivity index (χ1n) is 8.35. The Morgan fingerprint density at radius 3 is 3.00 bits per heavy atom. The van der Waals surface area contributed by atoms with Crippen LogP contribution < -0.4 is 10.6 Å². The summed E-state index contributed by atoms with van der Waals surface area (Å²) < 4.78 is 0. The highest BCUT2D eigenvalue weighted by Gasteiger charge is 2.18. The fourth-order valence-corrected chi connectivity index (χ4v) is 4.19. The molecule has 3 rings (SSSR count). The summed E-state index contributed by atoms with van der Waals surface area (Å²) >= 11 is 7.73. The summed E-state index contributed by atoms with van der Waals surface area (Å²) in [5.41, 5.74) is 2.26. The summed E-state index contributed by atoms with van der Waals surface area (Å²) in [4.78, 5) is 18.2. The van der Waals surface area contributed by atoms with Crippen LogP contribution in [0.5, 0.6) is 0 Å². The van der Waals surface area contributed by atoms with Crippen LogP contribution in [0, 0.1) is 0 Å². The Morgan fingerprint density at radius 1 is 1.38 bits per heavy atom. The Kier molecular flexibility index (Phi) is 5.87. The van der Waals surface area contributed by atoms with Gasteiger partial charge in [0.1, 0.15) is 5.01 Å². The van der Waals surface area contributed by atoms with Crippen LogP contribution in [-0.2, 0) is 24.2 Å². The standard InChI is InChI=1S/C18H22ClN3OS/c1-12(18-22-15-7-2-3-8-16(15)24-18)20-11-17(23)21-10-13-5-4-6-14(19)9-13/h4-6,9,12,20H,2-3,7-8,10-11H2,1H3,(H,21,23). The average molecular weight is 364 g/mol. The lowest BCUT2D eigenvalue weighted by atomic mass is 10.0. The number of hydrogen-bond acceptors (Lipinski definition) is 4. The van der Waals surface area contributed by atoms with Crippen molar-refractivity contribution in [2.45, 2.75) is 45.2 Å². The number of fused-ring (bicyclic) bond motifs is 1. The molecule has 0 fully saturated rings. The van der Waals surface area contributed by atoms with Crippen molar-refractivity contribution < 1.29 is 4.79 Å². The Bertz CT molecular complexity index is 693. The molecule has 1 aromatic carbocycles. The zero-order chi connectivity index (χ0) is 16.9. The Hall–Kier alpha value is -1.43. The summed E-state index contributed by atoms with van der Waals surface area (Å²) in [5.74, 6) is -0.0249. The van der Waals surface area contributed by atoms with Crippen LogP contribution in [0.1, 0.15) is 46.9 Å². The van der Waals surface area contributed by atoms with E-state index in [2.05, 4.69) is 17.6 Å². The molecule has 1 amide bonds. The van der Waals surface area contributed by atoms with Gasteiger partial charge in [0.15, 0.2) is 0 Å². The van der Waals surface area contributed by atoms with Crippen molar-refractivity contribution in [1.29, 1.82) is 0 Å². The molecular formula is C18H22ClN3OS. The van der Waals surface area contributed by atoms with Crippen LogP contribution in [0.15, 0.2) is 24.3 Å². The van der Waals surface area contributed by atoms with E-state index in [1.54, 1.807) is 11.3 Å². The third-order valence-electron chi connectivity index (χ3n) is 4.18. The second-order valence-corrected chi connectivity index (χ2v) is 7.69. The molecule has 2 N–H and O–H groups in total.